The summed E-state index contributed by atoms with van der Waals surface area (Å²) in [6.45, 7) is 6.60. The van der Waals surface area contributed by atoms with Gasteiger partial charge in [-0.3, -0.25) is 10.1 Å². The van der Waals surface area contributed by atoms with Gasteiger partial charge in [-0.1, -0.05) is 26.0 Å². The third-order valence-corrected chi connectivity index (χ3v) is 3.01. The van der Waals surface area contributed by atoms with Gasteiger partial charge in [-0.15, -0.1) is 0 Å². The largest absolute Gasteiger partial charge is 0.366 e. The van der Waals surface area contributed by atoms with E-state index in [0.29, 0.717) is 6.54 Å². The number of anilines is 1. The van der Waals surface area contributed by atoms with Crippen LogP contribution in [0.25, 0.3) is 0 Å². The minimum atomic E-state index is -0.403. The molecule has 0 spiro atoms. The zero-order valence-corrected chi connectivity index (χ0v) is 12.3. The summed E-state index contributed by atoms with van der Waals surface area (Å²) in [5, 5.41) is 13.8. The lowest BCUT2D eigenvalue weighted by Gasteiger charge is -2.10. The van der Waals surface area contributed by atoms with Crippen molar-refractivity contribution in [3.8, 4) is 0 Å². The molecule has 0 aliphatic carbocycles. The first-order valence-corrected chi connectivity index (χ1v) is 6.78. The topological polar surface area (TPSA) is 81.0 Å². The molecule has 0 saturated heterocycles. The van der Waals surface area contributed by atoms with Crippen LogP contribution in [-0.4, -0.2) is 14.9 Å². The number of benzene rings is 1. The van der Waals surface area contributed by atoms with E-state index in [9.17, 15) is 10.1 Å². The van der Waals surface area contributed by atoms with Crippen molar-refractivity contribution in [2.24, 2.45) is 0 Å². The average molecular weight is 286 g/mol. The molecule has 0 aliphatic heterocycles. The van der Waals surface area contributed by atoms with Crippen LogP contribution in [0.2, 0.25) is 0 Å². The van der Waals surface area contributed by atoms with Gasteiger partial charge in [-0.2, -0.15) is 0 Å². The highest BCUT2D eigenvalue weighted by molar-refractivity contribution is 5.39. The molecule has 2 rings (SSSR count). The van der Waals surface area contributed by atoms with E-state index in [4.69, 9.17) is 0 Å². The summed E-state index contributed by atoms with van der Waals surface area (Å²) in [4.78, 5) is 19.1. The zero-order chi connectivity index (χ0) is 15.4. The fraction of sp³-hybridized carbons (Fsp3) is 0.333. The molecule has 0 aliphatic rings. The molecule has 0 atom stereocenters. The van der Waals surface area contributed by atoms with Gasteiger partial charge in [0, 0.05) is 36.4 Å². The second-order valence-corrected chi connectivity index (χ2v) is 5.18. The SMILES string of the molecule is Cc1cc(NCc2ccc([N+](=O)[O-])cc2)nc(C(C)C)n1. The molecule has 1 heterocycles. The normalized spacial score (nSPS) is 10.7. The fourth-order valence-electron chi connectivity index (χ4n) is 1.87. The maximum absolute atomic E-state index is 10.6. The smallest absolute Gasteiger partial charge is 0.269 e. The third-order valence-electron chi connectivity index (χ3n) is 3.01. The molecule has 0 bridgehead atoms. The van der Waals surface area contributed by atoms with E-state index in [0.717, 1.165) is 22.9 Å². The second-order valence-electron chi connectivity index (χ2n) is 5.18. The third kappa shape index (κ3) is 3.98. The van der Waals surface area contributed by atoms with Gasteiger partial charge in [0.15, 0.2) is 0 Å². The Kier molecular flexibility index (Phi) is 4.47. The van der Waals surface area contributed by atoms with E-state index >= 15 is 0 Å². The van der Waals surface area contributed by atoms with Gasteiger partial charge < -0.3 is 5.32 Å². The quantitative estimate of drug-likeness (QED) is 0.672. The molecule has 0 radical (unpaired) electrons. The number of aromatic nitrogens is 2. The Morgan fingerprint density at radius 1 is 1.24 bits per heavy atom. The van der Waals surface area contributed by atoms with Gasteiger partial charge >= 0.3 is 0 Å². The first-order valence-electron chi connectivity index (χ1n) is 6.78. The van der Waals surface area contributed by atoms with Crippen LogP contribution in [0, 0.1) is 17.0 Å². The highest BCUT2D eigenvalue weighted by Crippen LogP contribution is 2.16. The lowest BCUT2D eigenvalue weighted by atomic mass is 10.2. The lowest BCUT2D eigenvalue weighted by Crippen LogP contribution is -2.06. The molecular formula is C15H18N4O2. The number of non-ortho nitro benzene ring substituents is 1. The van der Waals surface area contributed by atoms with Gasteiger partial charge in [0.05, 0.1) is 4.92 Å². The molecule has 0 fully saturated rings. The summed E-state index contributed by atoms with van der Waals surface area (Å²) in [5.74, 6) is 1.84. The van der Waals surface area contributed by atoms with Crippen LogP contribution >= 0.6 is 0 Å². The van der Waals surface area contributed by atoms with Crippen LogP contribution in [0.5, 0.6) is 0 Å². The molecule has 110 valence electrons. The lowest BCUT2D eigenvalue weighted by molar-refractivity contribution is -0.384. The number of nitro groups is 1. The van der Waals surface area contributed by atoms with Crippen molar-refractivity contribution in [2.75, 3.05) is 5.32 Å². The number of aryl methyl sites for hydroxylation is 1. The summed E-state index contributed by atoms with van der Waals surface area (Å²) in [7, 11) is 0. The summed E-state index contributed by atoms with van der Waals surface area (Å²) in [6.07, 6.45) is 0. The van der Waals surface area contributed by atoms with Crippen molar-refractivity contribution < 1.29 is 4.92 Å². The van der Waals surface area contributed by atoms with Crippen LogP contribution < -0.4 is 5.32 Å². The number of hydrogen-bond donors (Lipinski definition) is 1. The van der Waals surface area contributed by atoms with Gasteiger partial charge in [-0.25, -0.2) is 9.97 Å². The molecule has 1 aromatic carbocycles. The molecule has 6 nitrogen and oxygen atoms in total. The van der Waals surface area contributed by atoms with E-state index in [1.165, 1.54) is 12.1 Å². The first-order chi connectivity index (χ1) is 9.95. The first kappa shape index (κ1) is 14.9. The van der Waals surface area contributed by atoms with Crippen molar-refractivity contribution in [3.63, 3.8) is 0 Å². The second kappa shape index (κ2) is 6.30. The minimum absolute atomic E-state index is 0.0960. The molecule has 0 amide bonds. The summed E-state index contributed by atoms with van der Waals surface area (Å²) < 4.78 is 0. The number of rotatable bonds is 5. The van der Waals surface area contributed by atoms with E-state index in [1.54, 1.807) is 12.1 Å². The van der Waals surface area contributed by atoms with E-state index < -0.39 is 4.92 Å². The van der Waals surface area contributed by atoms with E-state index in [-0.39, 0.29) is 11.6 Å². The summed E-state index contributed by atoms with van der Waals surface area (Å²) in [5.41, 5.74) is 1.97. The summed E-state index contributed by atoms with van der Waals surface area (Å²) in [6, 6.07) is 8.37. The monoisotopic (exact) mass is 286 g/mol. The minimum Gasteiger partial charge on any atom is -0.366 e. The fourth-order valence-corrected chi connectivity index (χ4v) is 1.87. The predicted molar refractivity (Wildman–Crippen MR) is 81.3 cm³/mol. The van der Waals surface area contributed by atoms with Gasteiger partial charge in [0.1, 0.15) is 11.6 Å². The molecule has 1 aromatic heterocycles. The van der Waals surface area contributed by atoms with Crippen molar-refractivity contribution >= 4 is 11.5 Å². The Labute approximate surface area is 123 Å². The van der Waals surface area contributed by atoms with Crippen LogP contribution in [0.1, 0.15) is 36.8 Å². The van der Waals surface area contributed by atoms with Crippen LogP contribution in [-0.2, 0) is 6.54 Å². The van der Waals surface area contributed by atoms with Crippen molar-refractivity contribution in [2.45, 2.75) is 33.2 Å². The zero-order valence-electron chi connectivity index (χ0n) is 12.3. The van der Waals surface area contributed by atoms with Gasteiger partial charge in [-0.05, 0) is 12.5 Å². The maximum Gasteiger partial charge on any atom is 0.269 e. The Hall–Kier alpha value is -2.50. The Morgan fingerprint density at radius 2 is 1.90 bits per heavy atom. The van der Waals surface area contributed by atoms with E-state index in [1.807, 2.05) is 13.0 Å². The Balaban J connectivity index is 2.07. The molecule has 1 N–H and O–H groups in total. The van der Waals surface area contributed by atoms with Crippen LogP contribution in [0.15, 0.2) is 30.3 Å². The molecular weight excluding hydrogens is 268 g/mol. The Morgan fingerprint density at radius 3 is 2.48 bits per heavy atom. The molecule has 21 heavy (non-hydrogen) atoms. The highest BCUT2D eigenvalue weighted by Gasteiger charge is 2.07. The Bertz CT molecular complexity index is 639. The number of nitrogens with zero attached hydrogens (tertiary/aromatic N) is 3. The predicted octanol–water partition coefficient (Wildman–Crippen LogP) is 3.43. The van der Waals surface area contributed by atoms with Crippen molar-refractivity contribution in [1.82, 2.24) is 9.97 Å². The number of hydrogen-bond acceptors (Lipinski definition) is 5. The van der Waals surface area contributed by atoms with Crippen molar-refractivity contribution in [1.29, 1.82) is 0 Å². The standard InChI is InChI=1S/C15H18N4O2/c1-10(2)15-17-11(3)8-14(18-15)16-9-12-4-6-13(7-5-12)19(20)21/h4-8,10H,9H2,1-3H3,(H,16,17,18). The molecule has 6 heteroatoms. The van der Waals surface area contributed by atoms with Gasteiger partial charge in [0.25, 0.3) is 5.69 Å². The molecule has 2 aromatic rings. The van der Waals surface area contributed by atoms with Crippen LogP contribution in [0.3, 0.4) is 0 Å². The summed E-state index contributed by atoms with van der Waals surface area (Å²) >= 11 is 0. The maximum atomic E-state index is 10.6. The highest BCUT2D eigenvalue weighted by atomic mass is 16.6. The number of nitro benzene ring substituents is 1. The van der Waals surface area contributed by atoms with Crippen LogP contribution in [0.4, 0.5) is 11.5 Å². The van der Waals surface area contributed by atoms with Crippen molar-refractivity contribution in [3.05, 3.63) is 57.5 Å². The molecule has 0 saturated carbocycles. The van der Waals surface area contributed by atoms with Gasteiger partial charge in [0.2, 0.25) is 0 Å². The van der Waals surface area contributed by atoms with E-state index in [2.05, 4.69) is 29.1 Å². The molecule has 0 unspecified atom stereocenters. The average Bonchev–Trinajstić information content (AvgIpc) is 2.45. The number of nitrogens with one attached hydrogen (secondary N) is 1.